The first-order valence-corrected chi connectivity index (χ1v) is 6.87. The standard InChI is InChI=1S/C11H17FN2O2S/c1-13-9-10-3-5-11(6-4-10)17(15,16)14-8-2-7-12/h3-6,13-14H,2,7-9H2,1H3. The second-order valence-electron chi connectivity index (χ2n) is 3.61. The van der Waals surface area contributed by atoms with E-state index in [1.54, 1.807) is 24.3 Å². The summed E-state index contributed by atoms with van der Waals surface area (Å²) in [5.74, 6) is 0. The van der Waals surface area contributed by atoms with Crippen molar-refractivity contribution in [2.24, 2.45) is 0 Å². The second-order valence-corrected chi connectivity index (χ2v) is 5.38. The maximum atomic E-state index is 11.9. The van der Waals surface area contributed by atoms with Gasteiger partial charge in [0.15, 0.2) is 0 Å². The minimum Gasteiger partial charge on any atom is -0.316 e. The van der Waals surface area contributed by atoms with Crippen LogP contribution in [0.1, 0.15) is 12.0 Å². The highest BCUT2D eigenvalue weighted by Crippen LogP contribution is 2.10. The van der Waals surface area contributed by atoms with E-state index in [0.29, 0.717) is 6.54 Å². The number of halogens is 1. The van der Waals surface area contributed by atoms with Crippen molar-refractivity contribution in [3.8, 4) is 0 Å². The molecule has 1 rings (SSSR count). The lowest BCUT2D eigenvalue weighted by Crippen LogP contribution is -2.25. The lowest BCUT2D eigenvalue weighted by atomic mass is 10.2. The Hall–Kier alpha value is -0.980. The summed E-state index contributed by atoms with van der Waals surface area (Å²) in [7, 11) is -1.68. The summed E-state index contributed by atoms with van der Waals surface area (Å²) < 4.78 is 37.7. The normalized spacial score (nSPS) is 11.6. The van der Waals surface area contributed by atoms with Crippen LogP contribution < -0.4 is 10.0 Å². The number of alkyl halides is 1. The van der Waals surface area contributed by atoms with Crippen LogP contribution in [0.4, 0.5) is 4.39 Å². The Labute approximate surface area is 101 Å². The van der Waals surface area contributed by atoms with E-state index in [4.69, 9.17) is 0 Å². The molecule has 0 heterocycles. The number of rotatable bonds is 7. The molecule has 0 saturated heterocycles. The van der Waals surface area contributed by atoms with Crippen molar-refractivity contribution in [1.29, 1.82) is 0 Å². The fourth-order valence-electron chi connectivity index (χ4n) is 1.35. The van der Waals surface area contributed by atoms with Crippen LogP contribution in [0.25, 0.3) is 0 Å². The average Bonchev–Trinajstić information content (AvgIpc) is 2.30. The van der Waals surface area contributed by atoms with E-state index in [9.17, 15) is 12.8 Å². The summed E-state index contributed by atoms with van der Waals surface area (Å²) in [6.45, 7) is 0.288. The van der Waals surface area contributed by atoms with Gasteiger partial charge in [-0.3, -0.25) is 4.39 Å². The van der Waals surface area contributed by atoms with Gasteiger partial charge < -0.3 is 5.32 Å². The lowest BCUT2D eigenvalue weighted by Gasteiger charge is -2.06. The Kier molecular flexibility index (Phi) is 5.54. The Bertz CT molecular complexity index is 431. The predicted molar refractivity (Wildman–Crippen MR) is 65.0 cm³/mol. The predicted octanol–water partition coefficient (Wildman–Crippen LogP) is 1.04. The van der Waals surface area contributed by atoms with Crippen molar-refractivity contribution in [2.45, 2.75) is 17.9 Å². The maximum Gasteiger partial charge on any atom is 0.240 e. The number of hydrogen-bond donors (Lipinski definition) is 2. The molecule has 6 heteroatoms. The Morgan fingerprint density at radius 2 is 1.88 bits per heavy atom. The van der Waals surface area contributed by atoms with E-state index >= 15 is 0 Å². The Morgan fingerprint density at radius 1 is 1.24 bits per heavy atom. The molecule has 0 radical (unpaired) electrons. The first-order valence-electron chi connectivity index (χ1n) is 5.39. The average molecular weight is 260 g/mol. The van der Waals surface area contributed by atoms with Crippen molar-refractivity contribution in [2.75, 3.05) is 20.3 Å². The molecule has 0 unspecified atom stereocenters. The molecule has 4 nitrogen and oxygen atoms in total. The topological polar surface area (TPSA) is 58.2 Å². The van der Waals surface area contributed by atoms with E-state index < -0.39 is 16.7 Å². The van der Waals surface area contributed by atoms with Crippen LogP contribution in [-0.2, 0) is 16.6 Å². The van der Waals surface area contributed by atoms with E-state index in [1.165, 1.54) is 0 Å². The Balaban J connectivity index is 2.71. The van der Waals surface area contributed by atoms with Gasteiger partial charge in [0.05, 0.1) is 11.6 Å². The summed E-state index contributed by atoms with van der Waals surface area (Å²) in [4.78, 5) is 0.205. The van der Waals surface area contributed by atoms with Crippen molar-refractivity contribution in [3.63, 3.8) is 0 Å². The van der Waals surface area contributed by atoms with Crippen molar-refractivity contribution < 1.29 is 12.8 Å². The molecule has 0 aromatic heterocycles. The number of nitrogens with one attached hydrogen (secondary N) is 2. The fraction of sp³-hybridized carbons (Fsp3) is 0.455. The van der Waals surface area contributed by atoms with Crippen LogP contribution in [0, 0.1) is 0 Å². The van der Waals surface area contributed by atoms with Crippen molar-refractivity contribution in [3.05, 3.63) is 29.8 Å². The highest BCUT2D eigenvalue weighted by Gasteiger charge is 2.12. The molecule has 17 heavy (non-hydrogen) atoms. The van der Waals surface area contributed by atoms with E-state index in [2.05, 4.69) is 10.0 Å². The minimum absolute atomic E-state index is 0.122. The molecular formula is C11H17FN2O2S. The second kappa shape index (κ2) is 6.68. The van der Waals surface area contributed by atoms with Gasteiger partial charge in [0, 0.05) is 13.1 Å². The zero-order valence-electron chi connectivity index (χ0n) is 9.74. The number of benzene rings is 1. The van der Waals surface area contributed by atoms with Crippen LogP contribution in [0.15, 0.2) is 29.2 Å². The van der Waals surface area contributed by atoms with Crippen LogP contribution in [-0.4, -0.2) is 28.7 Å². The first kappa shape index (κ1) is 14.1. The maximum absolute atomic E-state index is 11.9. The molecular weight excluding hydrogens is 243 g/mol. The highest BCUT2D eigenvalue weighted by atomic mass is 32.2. The van der Waals surface area contributed by atoms with E-state index in [0.717, 1.165) is 5.56 Å². The molecule has 0 atom stereocenters. The van der Waals surface area contributed by atoms with Crippen LogP contribution in [0.2, 0.25) is 0 Å². The van der Waals surface area contributed by atoms with Gasteiger partial charge >= 0.3 is 0 Å². The third-order valence-corrected chi connectivity index (χ3v) is 3.69. The molecule has 0 amide bonds. The van der Waals surface area contributed by atoms with Gasteiger partial charge in [0.1, 0.15) is 0 Å². The van der Waals surface area contributed by atoms with Gasteiger partial charge in [-0.15, -0.1) is 0 Å². The number of sulfonamides is 1. The molecule has 0 aliphatic heterocycles. The molecule has 1 aromatic carbocycles. The van der Waals surface area contributed by atoms with Crippen LogP contribution in [0.3, 0.4) is 0 Å². The van der Waals surface area contributed by atoms with Crippen molar-refractivity contribution >= 4 is 10.0 Å². The first-order chi connectivity index (χ1) is 8.10. The molecule has 0 aliphatic rings. The van der Waals surface area contributed by atoms with Gasteiger partial charge in [-0.05, 0) is 31.2 Å². The van der Waals surface area contributed by atoms with E-state index in [1.807, 2.05) is 7.05 Å². The molecule has 1 aromatic rings. The molecule has 0 saturated carbocycles. The highest BCUT2D eigenvalue weighted by molar-refractivity contribution is 7.89. The monoisotopic (exact) mass is 260 g/mol. The third kappa shape index (κ3) is 4.41. The van der Waals surface area contributed by atoms with Gasteiger partial charge in [-0.1, -0.05) is 12.1 Å². The van der Waals surface area contributed by atoms with Gasteiger partial charge in [0.2, 0.25) is 10.0 Å². The lowest BCUT2D eigenvalue weighted by molar-refractivity contribution is 0.470. The third-order valence-electron chi connectivity index (χ3n) is 2.22. The molecule has 0 bridgehead atoms. The summed E-state index contributed by atoms with van der Waals surface area (Å²) in [6, 6.07) is 6.59. The summed E-state index contributed by atoms with van der Waals surface area (Å²) in [6.07, 6.45) is 0.192. The molecule has 0 spiro atoms. The zero-order valence-corrected chi connectivity index (χ0v) is 10.6. The molecule has 0 aliphatic carbocycles. The van der Waals surface area contributed by atoms with E-state index in [-0.39, 0.29) is 17.9 Å². The Morgan fingerprint density at radius 3 is 2.41 bits per heavy atom. The minimum atomic E-state index is -3.50. The van der Waals surface area contributed by atoms with Gasteiger partial charge in [-0.25, -0.2) is 13.1 Å². The SMILES string of the molecule is CNCc1ccc(S(=O)(=O)NCCCF)cc1. The smallest absolute Gasteiger partial charge is 0.240 e. The van der Waals surface area contributed by atoms with Gasteiger partial charge in [-0.2, -0.15) is 0 Å². The molecule has 0 fully saturated rings. The fourth-order valence-corrected chi connectivity index (χ4v) is 2.42. The largest absolute Gasteiger partial charge is 0.316 e. The molecule has 2 N–H and O–H groups in total. The molecule has 96 valence electrons. The van der Waals surface area contributed by atoms with Crippen molar-refractivity contribution in [1.82, 2.24) is 10.0 Å². The zero-order chi connectivity index (χ0) is 12.7. The number of hydrogen-bond acceptors (Lipinski definition) is 3. The quantitative estimate of drug-likeness (QED) is 0.720. The van der Waals surface area contributed by atoms with Crippen LogP contribution >= 0.6 is 0 Å². The summed E-state index contributed by atoms with van der Waals surface area (Å²) in [5, 5.41) is 2.98. The summed E-state index contributed by atoms with van der Waals surface area (Å²) in [5.41, 5.74) is 1.01. The van der Waals surface area contributed by atoms with Crippen LogP contribution in [0.5, 0.6) is 0 Å². The van der Waals surface area contributed by atoms with Gasteiger partial charge in [0.25, 0.3) is 0 Å². The summed E-state index contributed by atoms with van der Waals surface area (Å²) >= 11 is 0.